The van der Waals surface area contributed by atoms with Crippen LogP contribution in [0.5, 0.6) is 0 Å². The Kier molecular flexibility index (Phi) is 9.14. The molecule has 3 rings (SSSR count). The molecule has 0 aliphatic carbocycles. The SMILES string of the molecule is CCOC(=O)Nc1cccc(Cn2nc(-c3ccc(CC(=O)NCCN(C)C)cc3)ccc2=O)c1. The van der Waals surface area contributed by atoms with Gasteiger partial charge in [-0.1, -0.05) is 36.4 Å². The van der Waals surface area contributed by atoms with Gasteiger partial charge >= 0.3 is 6.09 Å². The van der Waals surface area contributed by atoms with Crippen molar-refractivity contribution in [1.29, 1.82) is 0 Å². The number of carbonyl (C=O) groups is 2. The van der Waals surface area contributed by atoms with Crippen LogP contribution in [-0.4, -0.2) is 60.5 Å². The van der Waals surface area contributed by atoms with Gasteiger partial charge in [0.2, 0.25) is 5.91 Å². The molecular weight excluding hydrogens is 446 g/mol. The number of hydrogen-bond acceptors (Lipinski definition) is 6. The maximum absolute atomic E-state index is 12.4. The first-order chi connectivity index (χ1) is 16.8. The van der Waals surface area contributed by atoms with Crippen LogP contribution in [0.2, 0.25) is 0 Å². The number of aromatic nitrogens is 2. The van der Waals surface area contributed by atoms with Crippen LogP contribution in [0.3, 0.4) is 0 Å². The van der Waals surface area contributed by atoms with Crippen molar-refractivity contribution in [3.63, 3.8) is 0 Å². The van der Waals surface area contributed by atoms with Crippen molar-refractivity contribution in [2.24, 2.45) is 0 Å². The van der Waals surface area contributed by atoms with Crippen molar-refractivity contribution >= 4 is 17.7 Å². The summed E-state index contributed by atoms with van der Waals surface area (Å²) in [5.41, 5.74) is 3.53. The second-order valence-corrected chi connectivity index (χ2v) is 8.29. The summed E-state index contributed by atoms with van der Waals surface area (Å²) >= 11 is 0. The molecule has 0 atom stereocenters. The van der Waals surface area contributed by atoms with Crippen molar-refractivity contribution < 1.29 is 14.3 Å². The van der Waals surface area contributed by atoms with E-state index in [4.69, 9.17) is 4.74 Å². The summed E-state index contributed by atoms with van der Waals surface area (Å²) in [6, 6.07) is 17.9. The third-order valence-electron chi connectivity index (χ3n) is 5.14. The maximum atomic E-state index is 12.4. The van der Waals surface area contributed by atoms with Crippen molar-refractivity contribution in [3.8, 4) is 11.3 Å². The third kappa shape index (κ3) is 8.08. The van der Waals surface area contributed by atoms with Crippen molar-refractivity contribution in [2.75, 3.05) is 39.1 Å². The van der Waals surface area contributed by atoms with Gasteiger partial charge in [-0.25, -0.2) is 9.48 Å². The lowest BCUT2D eigenvalue weighted by Crippen LogP contribution is -2.32. The van der Waals surface area contributed by atoms with Crippen LogP contribution >= 0.6 is 0 Å². The van der Waals surface area contributed by atoms with E-state index in [0.29, 0.717) is 24.3 Å². The van der Waals surface area contributed by atoms with Crippen LogP contribution in [-0.2, 0) is 22.5 Å². The quantitative estimate of drug-likeness (QED) is 0.465. The maximum Gasteiger partial charge on any atom is 0.411 e. The summed E-state index contributed by atoms with van der Waals surface area (Å²) in [7, 11) is 3.92. The minimum absolute atomic E-state index is 0.0223. The van der Waals surface area contributed by atoms with Crippen molar-refractivity contribution in [2.45, 2.75) is 19.9 Å². The van der Waals surface area contributed by atoms with Gasteiger partial charge in [0.25, 0.3) is 5.56 Å². The molecule has 1 heterocycles. The average Bonchev–Trinajstić information content (AvgIpc) is 2.81. The van der Waals surface area contributed by atoms with Crippen LogP contribution < -0.4 is 16.2 Å². The molecule has 3 aromatic rings. The number of carbonyl (C=O) groups excluding carboxylic acids is 2. The zero-order valence-electron chi connectivity index (χ0n) is 20.3. The second kappa shape index (κ2) is 12.5. The summed E-state index contributed by atoms with van der Waals surface area (Å²) < 4.78 is 6.28. The van der Waals surface area contributed by atoms with Gasteiger partial charge in [-0.05, 0) is 50.3 Å². The normalized spacial score (nSPS) is 10.7. The molecule has 0 saturated heterocycles. The van der Waals surface area contributed by atoms with E-state index in [1.165, 1.54) is 10.7 Å². The van der Waals surface area contributed by atoms with Gasteiger partial charge in [0.1, 0.15) is 0 Å². The number of hydrogen-bond donors (Lipinski definition) is 2. The summed E-state index contributed by atoms with van der Waals surface area (Å²) in [4.78, 5) is 38.2. The van der Waals surface area contributed by atoms with Gasteiger partial charge in [-0.2, -0.15) is 5.10 Å². The first kappa shape index (κ1) is 25.6. The van der Waals surface area contributed by atoms with E-state index in [9.17, 15) is 14.4 Å². The fraction of sp³-hybridized carbons (Fsp3) is 0.308. The summed E-state index contributed by atoms with van der Waals surface area (Å²) in [5, 5.41) is 10.1. The highest BCUT2D eigenvalue weighted by Gasteiger charge is 2.08. The molecule has 35 heavy (non-hydrogen) atoms. The van der Waals surface area contributed by atoms with Crippen molar-refractivity contribution in [3.05, 3.63) is 82.1 Å². The molecule has 0 aliphatic rings. The lowest BCUT2D eigenvalue weighted by molar-refractivity contribution is -0.120. The summed E-state index contributed by atoms with van der Waals surface area (Å²) in [6.07, 6.45) is -0.229. The van der Waals surface area contributed by atoms with Gasteiger partial charge < -0.3 is 15.0 Å². The Bertz CT molecular complexity index is 1200. The summed E-state index contributed by atoms with van der Waals surface area (Å²) in [6.45, 7) is 3.66. The third-order valence-corrected chi connectivity index (χ3v) is 5.14. The molecule has 0 fully saturated rings. The van der Waals surface area contributed by atoms with E-state index in [2.05, 4.69) is 15.7 Å². The topological polar surface area (TPSA) is 106 Å². The van der Waals surface area contributed by atoms with Crippen molar-refractivity contribution in [1.82, 2.24) is 20.0 Å². The number of rotatable bonds is 10. The minimum Gasteiger partial charge on any atom is -0.450 e. The summed E-state index contributed by atoms with van der Waals surface area (Å²) in [5.74, 6) is -0.0223. The van der Waals surface area contributed by atoms with Gasteiger partial charge in [-0.3, -0.25) is 14.9 Å². The molecule has 0 aliphatic heterocycles. The van der Waals surface area contributed by atoms with Gasteiger partial charge in [0, 0.05) is 30.4 Å². The Labute approximate surface area is 204 Å². The fourth-order valence-corrected chi connectivity index (χ4v) is 3.38. The van der Waals surface area contributed by atoms with Crippen LogP contribution in [0.1, 0.15) is 18.1 Å². The molecule has 2 amide bonds. The Morgan fingerprint density at radius 2 is 1.80 bits per heavy atom. The standard InChI is InChI=1S/C26H31N5O4/c1-4-35-26(34)28-22-7-5-6-20(16-22)18-31-25(33)13-12-23(29-31)21-10-8-19(9-11-21)17-24(32)27-14-15-30(2)3/h5-13,16H,4,14-15,17-18H2,1-3H3,(H,27,32)(H,28,34). The molecule has 0 unspecified atom stereocenters. The molecule has 0 radical (unpaired) electrons. The van der Waals surface area contributed by atoms with E-state index in [1.54, 1.807) is 31.2 Å². The van der Waals surface area contributed by atoms with Gasteiger partial charge in [-0.15, -0.1) is 0 Å². The zero-order chi connectivity index (χ0) is 25.2. The lowest BCUT2D eigenvalue weighted by atomic mass is 10.1. The minimum atomic E-state index is -0.531. The predicted molar refractivity (Wildman–Crippen MR) is 135 cm³/mol. The van der Waals surface area contributed by atoms with E-state index < -0.39 is 6.09 Å². The highest BCUT2D eigenvalue weighted by molar-refractivity contribution is 5.84. The van der Waals surface area contributed by atoms with Crippen LogP contribution in [0.15, 0.2) is 65.5 Å². The Morgan fingerprint density at radius 3 is 2.51 bits per heavy atom. The molecule has 0 spiro atoms. The van der Waals surface area contributed by atoms with E-state index in [-0.39, 0.29) is 24.6 Å². The number of ether oxygens (including phenoxy) is 1. The van der Waals surface area contributed by atoms with E-state index in [0.717, 1.165) is 23.2 Å². The van der Waals surface area contributed by atoms with Crippen LogP contribution in [0.4, 0.5) is 10.5 Å². The molecule has 2 aromatic carbocycles. The first-order valence-corrected chi connectivity index (χ1v) is 11.5. The smallest absolute Gasteiger partial charge is 0.411 e. The Balaban J connectivity index is 1.68. The van der Waals surface area contributed by atoms with E-state index >= 15 is 0 Å². The second-order valence-electron chi connectivity index (χ2n) is 8.29. The lowest BCUT2D eigenvalue weighted by Gasteiger charge is -2.11. The number of benzene rings is 2. The number of anilines is 1. The highest BCUT2D eigenvalue weighted by atomic mass is 16.5. The van der Waals surface area contributed by atoms with Crippen LogP contribution in [0.25, 0.3) is 11.3 Å². The van der Waals surface area contributed by atoms with Gasteiger partial charge in [0.05, 0.1) is 25.3 Å². The molecule has 0 saturated carbocycles. The zero-order valence-corrected chi connectivity index (χ0v) is 20.3. The fourth-order valence-electron chi connectivity index (χ4n) is 3.38. The molecule has 0 bridgehead atoms. The molecule has 184 valence electrons. The molecule has 1 aromatic heterocycles. The average molecular weight is 478 g/mol. The molecule has 9 heteroatoms. The Morgan fingerprint density at radius 1 is 1.03 bits per heavy atom. The largest absolute Gasteiger partial charge is 0.450 e. The Hall–Kier alpha value is -3.98. The number of nitrogens with zero attached hydrogens (tertiary/aromatic N) is 3. The molecule has 9 nitrogen and oxygen atoms in total. The molecule has 2 N–H and O–H groups in total. The van der Waals surface area contributed by atoms with E-state index in [1.807, 2.05) is 49.3 Å². The number of likely N-dealkylation sites (N-methyl/N-ethyl adjacent to an activating group) is 1. The first-order valence-electron chi connectivity index (χ1n) is 11.5. The predicted octanol–water partition coefficient (Wildman–Crippen LogP) is 2.75. The number of nitrogens with one attached hydrogen (secondary N) is 2. The number of amides is 2. The highest BCUT2D eigenvalue weighted by Crippen LogP contribution is 2.17. The van der Waals surface area contributed by atoms with Gasteiger partial charge in [0.15, 0.2) is 0 Å². The molecular formula is C26H31N5O4. The van der Waals surface area contributed by atoms with Crippen LogP contribution in [0, 0.1) is 0 Å². The monoisotopic (exact) mass is 477 g/mol.